The number of carbonyl (C=O) groups excluding carboxylic acids is 1. The van der Waals surface area contributed by atoms with Crippen molar-refractivity contribution >= 4 is 23.1 Å². The van der Waals surface area contributed by atoms with E-state index < -0.39 is 5.97 Å². The van der Waals surface area contributed by atoms with Gasteiger partial charge in [0.25, 0.3) is 5.56 Å². The van der Waals surface area contributed by atoms with E-state index in [2.05, 4.69) is 30.0 Å². The van der Waals surface area contributed by atoms with Crippen LogP contribution in [0.4, 0.5) is 5.95 Å². The Labute approximate surface area is 89.1 Å². The number of ether oxygens (including phenoxy) is 1. The lowest BCUT2D eigenvalue weighted by Gasteiger charge is -2.02. The van der Waals surface area contributed by atoms with Crippen LogP contribution < -0.4 is 10.9 Å². The van der Waals surface area contributed by atoms with Gasteiger partial charge in [0.2, 0.25) is 5.95 Å². The van der Waals surface area contributed by atoms with Crippen molar-refractivity contribution in [2.45, 2.75) is 0 Å². The van der Waals surface area contributed by atoms with E-state index in [-0.39, 0.29) is 23.7 Å². The molecule has 0 unspecified atom stereocenters. The number of aromatic nitrogens is 4. The van der Waals surface area contributed by atoms with E-state index in [1.807, 2.05) is 0 Å². The highest BCUT2D eigenvalue weighted by molar-refractivity contribution is 5.75. The number of imidazole rings is 1. The van der Waals surface area contributed by atoms with Crippen molar-refractivity contribution < 1.29 is 9.53 Å². The molecule has 0 bridgehead atoms. The number of anilines is 1. The minimum absolute atomic E-state index is 0.0740. The molecule has 0 fully saturated rings. The van der Waals surface area contributed by atoms with Crippen LogP contribution in [0.25, 0.3) is 11.2 Å². The summed E-state index contributed by atoms with van der Waals surface area (Å²) in [6.07, 6.45) is 1.37. The first-order valence-corrected chi connectivity index (χ1v) is 4.45. The number of nitrogens with one attached hydrogen (secondary N) is 3. The Morgan fingerprint density at radius 1 is 1.62 bits per heavy atom. The van der Waals surface area contributed by atoms with Crippen LogP contribution in [0.5, 0.6) is 0 Å². The Kier molecular flexibility index (Phi) is 2.54. The maximum Gasteiger partial charge on any atom is 0.325 e. The highest BCUT2D eigenvalue weighted by Gasteiger charge is 2.06. The van der Waals surface area contributed by atoms with Gasteiger partial charge in [0.05, 0.1) is 13.4 Å². The molecule has 0 radical (unpaired) electrons. The van der Waals surface area contributed by atoms with Crippen LogP contribution in [0, 0.1) is 0 Å². The summed E-state index contributed by atoms with van der Waals surface area (Å²) in [6.45, 7) is -0.0740. The van der Waals surface area contributed by atoms with E-state index in [0.29, 0.717) is 5.52 Å². The van der Waals surface area contributed by atoms with Crippen LogP contribution >= 0.6 is 0 Å². The lowest BCUT2D eigenvalue weighted by Crippen LogP contribution is -2.19. The van der Waals surface area contributed by atoms with Crippen LogP contribution in [0.3, 0.4) is 0 Å². The zero-order chi connectivity index (χ0) is 11.5. The average Bonchev–Trinajstić information content (AvgIpc) is 2.74. The molecule has 0 aromatic carbocycles. The molecule has 0 aliphatic heterocycles. The third-order valence-corrected chi connectivity index (χ3v) is 1.92. The number of fused-ring (bicyclic) bond motifs is 1. The molecule has 2 heterocycles. The topological polar surface area (TPSA) is 113 Å². The van der Waals surface area contributed by atoms with Gasteiger partial charge in [-0.25, -0.2) is 4.98 Å². The van der Waals surface area contributed by atoms with Crippen molar-refractivity contribution in [1.29, 1.82) is 0 Å². The molecular formula is C8H9N5O3. The first kappa shape index (κ1) is 10.1. The molecule has 84 valence electrons. The first-order valence-electron chi connectivity index (χ1n) is 4.45. The van der Waals surface area contributed by atoms with Gasteiger partial charge in [-0.3, -0.25) is 14.6 Å². The van der Waals surface area contributed by atoms with Gasteiger partial charge in [-0.1, -0.05) is 0 Å². The zero-order valence-electron chi connectivity index (χ0n) is 8.40. The average molecular weight is 223 g/mol. The van der Waals surface area contributed by atoms with Crippen LogP contribution in [-0.2, 0) is 9.53 Å². The summed E-state index contributed by atoms with van der Waals surface area (Å²) in [5, 5.41) is 2.62. The SMILES string of the molecule is COC(=O)CNc1nc2nc[nH]c2c(=O)[nH]1. The molecule has 8 heteroatoms. The van der Waals surface area contributed by atoms with Crippen LogP contribution in [0.2, 0.25) is 0 Å². The van der Waals surface area contributed by atoms with Crippen molar-refractivity contribution in [3.63, 3.8) is 0 Å². The molecule has 0 saturated heterocycles. The molecule has 2 aromatic heterocycles. The van der Waals surface area contributed by atoms with E-state index in [1.165, 1.54) is 13.4 Å². The number of methoxy groups -OCH3 is 1. The lowest BCUT2D eigenvalue weighted by molar-refractivity contribution is -0.138. The number of aromatic amines is 2. The molecule has 0 atom stereocenters. The first-order chi connectivity index (χ1) is 7.70. The van der Waals surface area contributed by atoms with Crippen molar-refractivity contribution in [3.8, 4) is 0 Å². The Hall–Kier alpha value is -2.38. The Morgan fingerprint density at radius 3 is 3.19 bits per heavy atom. The number of hydrogen-bond acceptors (Lipinski definition) is 6. The number of rotatable bonds is 3. The fraction of sp³-hybridized carbons (Fsp3) is 0.250. The summed E-state index contributed by atoms with van der Waals surface area (Å²) in [5.41, 5.74) is 0.231. The van der Waals surface area contributed by atoms with Crippen molar-refractivity contribution in [2.75, 3.05) is 19.0 Å². The minimum Gasteiger partial charge on any atom is -0.468 e. The smallest absolute Gasteiger partial charge is 0.325 e. The normalized spacial score (nSPS) is 10.3. The fourth-order valence-corrected chi connectivity index (χ4v) is 1.15. The fourth-order valence-electron chi connectivity index (χ4n) is 1.15. The molecular weight excluding hydrogens is 214 g/mol. The summed E-state index contributed by atoms with van der Waals surface area (Å²) < 4.78 is 4.43. The number of nitrogens with zero attached hydrogens (tertiary/aromatic N) is 2. The van der Waals surface area contributed by atoms with Crippen LogP contribution in [-0.4, -0.2) is 39.6 Å². The summed E-state index contributed by atoms with van der Waals surface area (Å²) in [7, 11) is 1.27. The molecule has 8 nitrogen and oxygen atoms in total. The van der Waals surface area contributed by atoms with E-state index in [0.717, 1.165) is 0 Å². The van der Waals surface area contributed by atoms with Crippen molar-refractivity contribution in [3.05, 3.63) is 16.7 Å². The van der Waals surface area contributed by atoms with Gasteiger partial charge in [-0.2, -0.15) is 4.98 Å². The highest BCUT2D eigenvalue weighted by atomic mass is 16.5. The summed E-state index contributed by atoms with van der Waals surface area (Å²) in [5.74, 6) is -0.278. The Bertz CT molecular complexity index is 572. The molecule has 0 aliphatic carbocycles. The highest BCUT2D eigenvalue weighted by Crippen LogP contribution is 2.02. The largest absolute Gasteiger partial charge is 0.468 e. The standard InChI is InChI=1S/C8H9N5O3/c1-16-4(14)2-9-8-12-6-5(7(15)13-8)10-3-11-6/h3H,2H2,1H3,(H3,9,10,11,12,13,15). The summed E-state index contributed by atoms with van der Waals surface area (Å²) in [6, 6.07) is 0. The molecule has 0 aliphatic rings. The molecule has 2 rings (SSSR count). The Balaban J connectivity index is 2.25. The van der Waals surface area contributed by atoms with Crippen LogP contribution in [0.1, 0.15) is 0 Å². The summed E-state index contributed by atoms with van der Waals surface area (Å²) >= 11 is 0. The second kappa shape index (κ2) is 4.01. The van der Waals surface area contributed by atoms with Gasteiger partial charge in [0, 0.05) is 0 Å². The predicted molar refractivity (Wildman–Crippen MR) is 55.0 cm³/mol. The van der Waals surface area contributed by atoms with Gasteiger partial charge in [0.15, 0.2) is 11.2 Å². The maximum absolute atomic E-state index is 11.5. The third-order valence-electron chi connectivity index (χ3n) is 1.92. The summed E-state index contributed by atoms with van der Waals surface area (Å²) in [4.78, 5) is 35.3. The van der Waals surface area contributed by atoms with E-state index in [1.54, 1.807) is 0 Å². The monoisotopic (exact) mass is 223 g/mol. The van der Waals surface area contributed by atoms with E-state index in [4.69, 9.17) is 0 Å². The van der Waals surface area contributed by atoms with Gasteiger partial charge >= 0.3 is 5.97 Å². The third kappa shape index (κ3) is 1.85. The van der Waals surface area contributed by atoms with Gasteiger partial charge < -0.3 is 15.0 Å². The zero-order valence-corrected chi connectivity index (χ0v) is 8.40. The lowest BCUT2D eigenvalue weighted by atomic mass is 10.5. The van der Waals surface area contributed by atoms with Crippen LogP contribution in [0.15, 0.2) is 11.1 Å². The quantitative estimate of drug-likeness (QED) is 0.589. The number of carbonyl (C=O) groups is 1. The maximum atomic E-state index is 11.5. The molecule has 2 aromatic rings. The van der Waals surface area contributed by atoms with Gasteiger partial charge in [-0.05, 0) is 0 Å². The second-order valence-corrected chi connectivity index (χ2v) is 2.95. The second-order valence-electron chi connectivity index (χ2n) is 2.95. The number of hydrogen-bond donors (Lipinski definition) is 3. The number of H-pyrrole nitrogens is 2. The molecule has 0 saturated carbocycles. The van der Waals surface area contributed by atoms with Crippen molar-refractivity contribution in [2.24, 2.45) is 0 Å². The molecule has 0 spiro atoms. The van der Waals surface area contributed by atoms with Crippen molar-refractivity contribution in [1.82, 2.24) is 19.9 Å². The molecule has 0 amide bonds. The number of esters is 1. The van der Waals surface area contributed by atoms with E-state index in [9.17, 15) is 9.59 Å². The van der Waals surface area contributed by atoms with Gasteiger partial charge in [0.1, 0.15) is 6.54 Å². The van der Waals surface area contributed by atoms with Gasteiger partial charge in [-0.15, -0.1) is 0 Å². The molecule has 16 heavy (non-hydrogen) atoms. The Morgan fingerprint density at radius 2 is 2.44 bits per heavy atom. The van der Waals surface area contributed by atoms with E-state index >= 15 is 0 Å². The minimum atomic E-state index is -0.454. The molecule has 3 N–H and O–H groups in total. The predicted octanol–water partition coefficient (Wildman–Crippen LogP) is -0.769.